The fraction of sp³-hybridized carbons (Fsp3) is 0.519. The van der Waals surface area contributed by atoms with Gasteiger partial charge in [0.2, 0.25) is 11.8 Å². The maximum Gasteiger partial charge on any atom is 0.252 e. The highest BCUT2D eigenvalue weighted by atomic mass is 35.5. The first kappa shape index (κ1) is 25.5. The van der Waals surface area contributed by atoms with E-state index < -0.39 is 0 Å². The number of carbonyl (C=O) groups is 2. The SMILES string of the molecule is Cl.O=C(N[C@@H](CCN1CCC2(CC1)CCN(Cc1ccc[nH]c1=O)C2=O)c1ccccc1)C1CC1. The topological polar surface area (TPSA) is 85.5 Å². The number of hydrogen-bond acceptors (Lipinski definition) is 4. The highest BCUT2D eigenvalue weighted by molar-refractivity contribution is 5.85. The number of H-pyrrole nitrogens is 1. The fourth-order valence-corrected chi connectivity index (χ4v) is 5.45. The Morgan fingerprint density at radius 3 is 2.43 bits per heavy atom. The summed E-state index contributed by atoms with van der Waals surface area (Å²) in [6.07, 6.45) is 7.09. The van der Waals surface area contributed by atoms with E-state index in [-0.39, 0.29) is 47.2 Å². The minimum absolute atomic E-state index is 0. The number of hydrogen-bond donors (Lipinski definition) is 2. The largest absolute Gasteiger partial charge is 0.349 e. The van der Waals surface area contributed by atoms with E-state index in [1.165, 1.54) is 0 Å². The molecule has 8 heteroatoms. The Hall–Kier alpha value is -2.64. The monoisotopic (exact) mass is 498 g/mol. The standard InChI is InChI=1S/C27H34N4O3.ClH/c32-24-22(7-4-14-28-24)19-31-18-13-27(26(31)34)11-16-30(17-12-27)15-10-23(20-5-2-1-3-6-20)29-25(33)21-8-9-21;/h1-7,14,21,23H,8-13,15-19H2,(H,28,32)(H,29,33);1H/t23-;/m0./s1. The van der Waals surface area contributed by atoms with Gasteiger partial charge in [-0.25, -0.2) is 0 Å². The fourth-order valence-electron chi connectivity index (χ4n) is 5.45. The van der Waals surface area contributed by atoms with E-state index in [0.717, 1.165) is 70.3 Å². The normalized spacial score (nSPS) is 20.5. The number of piperidine rings is 1. The number of nitrogens with zero attached hydrogens (tertiary/aromatic N) is 2. The predicted octanol–water partition coefficient (Wildman–Crippen LogP) is 3.27. The Balaban J connectivity index is 0.00000289. The number of nitrogens with one attached hydrogen (secondary N) is 2. The highest BCUT2D eigenvalue weighted by Crippen LogP contribution is 2.42. The van der Waals surface area contributed by atoms with Crippen LogP contribution in [0.1, 0.15) is 55.7 Å². The minimum Gasteiger partial charge on any atom is -0.349 e. The Morgan fingerprint density at radius 2 is 1.74 bits per heavy atom. The third-order valence-corrected chi connectivity index (χ3v) is 7.88. The quantitative estimate of drug-likeness (QED) is 0.585. The average molecular weight is 499 g/mol. The zero-order valence-corrected chi connectivity index (χ0v) is 20.9. The van der Waals surface area contributed by atoms with Gasteiger partial charge in [-0.15, -0.1) is 12.4 Å². The molecule has 0 bridgehead atoms. The molecule has 2 aliphatic heterocycles. The number of aromatic amines is 1. The summed E-state index contributed by atoms with van der Waals surface area (Å²) in [5.41, 5.74) is 1.40. The Labute approximate surface area is 212 Å². The zero-order valence-electron chi connectivity index (χ0n) is 20.1. The number of likely N-dealkylation sites (tertiary alicyclic amines) is 2. The van der Waals surface area contributed by atoms with Gasteiger partial charge in [-0.05, 0) is 63.2 Å². The summed E-state index contributed by atoms with van der Waals surface area (Å²) in [5, 5.41) is 3.27. The average Bonchev–Trinajstić information content (AvgIpc) is 3.68. The summed E-state index contributed by atoms with van der Waals surface area (Å²) < 4.78 is 0. The molecule has 1 aliphatic carbocycles. The third kappa shape index (κ3) is 5.78. The molecule has 7 nitrogen and oxygen atoms in total. The van der Waals surface area contributed by atoms with Gasteiger partial charge in [-0.1, -0.05) is 36.4 Å². The van der Waals surface area contributed by atoms with Crippen LogP contribution >= 0.6 is 12.4 Å². The van der Waals surface area contributed by atoms with Crippen LogP contribution in [0.5, 0.6) is 0 Å². The molecule has 35 heavy (non-hydrogen) atoms. The number of carbonyl (C=O) groups excluding carboxylic acids is 2. The molecule has 3 aliphatic rings. The number of pyridine rings is 1. The second-order valence-electron chi connectivity index (χ2n) is 10.2. The van der Waals surface area contributed by atoms with Crippen molar-refractivity contribution in [1.82, 2.24) is 20.1 Å². The molecule has 3 heterocycles. The van der Waals surface area contributed by atoms with Gasteiger partial charge < -0.3 is 20.1 Å². The zero-order chi connectivity index (χ0) is 23.5. The number of halogens is 1. The van der Waals surface area contributed by atoms with Crippen molar-refractivity contribution in [2.45, 2.75) is 51.1 Å². The van der Waals surface area contributed by atoms with E-state index in [0.29, 0.717) is 12.1 Å². The van der Waals surface area contributed by atoms with E-state index in [9.17, 15) is 14.4 Å². The second kappa shape index (κ2) is 11.0. The van der Waals surface area contributed by atoms with Crippen LogP contribution in [0.15, 0.2) is 53.5 Å². The summed E-state index contributed by atoms with van der Waals surface area (Å²) in [6.45, 7) is 3.79. The predicted molar refractivity (Wildman–Crippen MR) is 137 cm³/mol. The molecule has 2 saturated heterocycles. The Kier molecular flexibility index (Phi) is 7.97. The van der Waals surface area contributed by atoms with Crippen LogP contribution in [0, 0.1) is 11.3 Å². The third-order valence-electron chi connectivity index (χ3n) is 7.88. The van der Waals surface area contributed by atoms with E-state index in [2.05, 4.69) is 27.3 Å². The Bertz CT molecular complexity index is 1080. The molecule has 0 unspecified atom stereocenters. The van der Waals surface area contributed by atoms with Crippen molar-refractivity contribution >= 4 is 24.2 Å². The first-order chi connectivity index (χ1) is 16.5. The van der Waals surface area contributed by atoms with Crippen LogP contribution in [0.25, 0.3) is 0 Å². The smallest absolute Gasteiger partial charge is 0.252 e. The molecule has 2 N–H and O–H groups in total. The molecule has 1 spiro atoms. The molecule has 2 aromatic rings. The van der Waals surface area contributed by atoms with Crippen LogP contribution in [-0.2, 0) is 16.1 Å². The van der Waals surface area contributed by atoms with Crippen LogP contribution in [0.3, 0.4) is 0 Å². The van der Waals surface area contributed by atoms with Gasteiger partial charge in [-0.2, -0.15) is 0 Å². The van der Waals surface area contributed by atoms with Crippen molar-refractivity contribution in [2.75, 3.05) is 26.2 Å². The van der Waals surface area contributed by atoms with Crippen molar-refractivity contribution in [3.8, 4) is 0 Å². The molecule has 1 aromatic heterocycles. The van der Waals surface area contributed by atoms with Crippen molar-refractivity contribution in [3.05, 3.63) is 70.1 Å². The van der Waals surface area contributed by atoms with Crippen LogP contribution in [0.2, 0.25) is 0 Å². The molecule has 1 aromatic carbocycles. The van der Waals surface area contributed by atoms with Crippen LogP contribution in [0.4, 0.5) is 0 Å². The van der Waals surface area contributed by atoms with Crippen LogP contribution < -0.4 is 10.9 Å². The van der Waals surface area contributed by atoms with E-state index in [4.69, 9.17) is 0 Å². The van der Waals surface area contributed by atoms with Crippen molar-refractivity contribution in [3.63, 3.8) is 0 Å². The van der Waals surface area contributed by atoms with Gasteiger partial charge in [0.15, 0.2) is 0 Å². The highest BCUT2D eigenvalue weighted by Gasteiger charge is 2.48. The molecule has 0 radical (unpaired) electrons. The van der Waals surface area contributed by atoms with E-state index >= 15 is 0 Å². The first-order valence-corrected chi connectivity index (χ1v) is 12.6. The number of rotatable bonds is 8. The molecule has 188 valence electrons. The lowest BCUT2D eigenvalue weighted by Gasteiger charge is -2.38. The van der Waals surface area contributed by atoms with Gasteiger partial charge >= 0.3 is 0 Å². The van der Waals surface area contributed by atoms with Gasteiger partial charge in [0.25, 0.3) is 5.56 Å². The molecular weight excluding hydrogens is 464 g/mol. The molecule has 1 atom stereocenters. The van der Waals surface area contributed by atoms with Gasteiger partial charge in [-0.3, -0.25) is 14.4 Å². The summed E-state index contributed by atoms with van der Waals surface area (Å²) >= 11 is 0. The molecule has 5 rings (SSSR count). The summed E-state index contributed by atoms with van der Waals surface area (Å²) in [6, 6.07) is 13.9. The number of aromatic nitrogens is 1. The molecular formula is C27H35ClN4O3. The maximum absolute atomic E-state index is 13.3. The summed E-state index contributed by atoms with van der Waals surface area (Å²) in [5.74, 6) is 0.582. The number of amides is 2. The summed E-state index contributed by atoms with van der Waals surface area (Å²) in [4.78, 5) is 44.8. The lowest BCUT2D eigenvalue weighted by Crippen LogP contribution is -2.45. The van der Waals surface area contributed by atoms with E-state index in [1.807, 2.05) is 23.1 Å². The van der Waals surface area contributed by atoms with Crippen molar-refractivity contribution in [1.29, 1.82) is 0 Å². The lowest BCUT2D eigenvalue weighted by molar-refractivity contribution is -0.139. The second-order valence-corrected chi connectivity index (χ2v) is 10.2. The minimum atomic E-state index is -0.281. The first-order valence-electron chi connectivity index (χ1n) is 12.6. The van der Waals surface area contributed by atoms with Crippen LogP contribution in [-0.4, -0.2) is 52.8 Å². The Morgan fingerprint density at radius 1 is 1.03 bits per heavy atom. The van der Waals surface area contributed by atoms with Gasteiger partial charge in [0, 0.05) is 30.8 Å². The van der Waals surface area contributed by atoms with Crippen molar-refractivity contribution < 1.29 is 9.59 Å². The maximum atomic E-state index is 13.3. The van der Waals surface area contributed by atoms with Crippen molar-refractivity contribution in [2.24, 2.45) is 11.3 Å². The summed E-state index contributed by atoms with van der Waals surface area (Å²) in [7, 11) is 0. The van der Waals surface area contributed by atoms with Gasteiger partial charge in [0.1, 0.15) is 0 Å². The van der Waals surface area contributed by atoms with E-state index in [1.54, 1.807) is 18.3 Å². The lowest BCUT2D eigenvalue weighted by atomic mass is 9.77. The van der Waals surface area contributed by atoms with Gasteiger partial charge in [0.05, 0.1) is 18.0 Å². The molecule has 3 fully saturated rings. The number of benzene rings is 1. The molecule has 1 saturated carbocycles. The molecule has 2 amide bonds.